The van der Waals surface area contributed by atoms with Crippen molar-refractivity contribution < 1.29 is 9.53 Å². The summed E-state index contributed by atoms with van der Waals surface area (Å²) >= 11 is 2.60. The first kappa shape index (κ1) is 17.7. The topological polar surface area (TPSA) is 71.5 Å². The van der Waals surface area contributed by atoms with Crippen LogP contribution in [0.4, 0.5) is 5.13 Å². The number of anilines is 1. The summed E-state index contributed by atoms with van der Waals surface area (Å²) in [7, 11) is 5.59. The molecule has 0 bridgehead atoms. The fourth-order valence-electron chi connectivity index (χ4n) is 2.27. The van der Waals surface area contributed by atoms with Crippen molar-refractivity contribution in [1.82, 2.24) is 19.5 Å². The molecule has 3 rings (SSSR count). The van der Waals surface area contributed by atoms with Crippen molar-refractivity contribution >= 4 is 44.1 Å². The number of likely N-dealkylation sites (N-methyl/N-ethyl adjacent to an activating group) is 1. The largest absolute Gasteiger partial charge is 0.497 e. The Bertz CT molecular complexity index is 890. The Morgan fingerprint density at radius 1 is 1.28 bits per heavy atom. The Balaban J connectivity index is 1.98. The maximum Gasteiger partial charge on any atom is 0.273 e. The van der Waals surface area contributed by atoms with Crippen molar-refractivity contribution in [3.8, 4) is 5.75 Å². The predicted molar refractivity (Wildman–Crippen MR) is 101 cm³/mol. The molecule has 0 saturated heterocycles. The van der Waals surface area contributed by atoms with Gasteiger partial charge in [-0.15, -0.1) is 5.10 Å². The molecule has 0 saturated carbocycles. The maximum absolute atomic E-state index is 13.0. The second-order valence-corrected chi connectivity index (χ2v) is 7.54. The first-order valence-corrected chi connectivity index (χ1v) is 9.28. The van der Waals surface area contributed by atoms with E-state index in [0.717, 1.165) is 34.0 Å². The van der Waals surface area contributed by atoms with Gasteiger partial charge in [0.25, 0.3) is 5.91 Å². The summed E-state index contributed by atoms with van der Waals surface area (Å²) < 4.78 is 10.1. The highest BCUT2D eigenvalue weighted by molar-refractivity contribution is 7.22. The average Bonchev–Trinajstić information content (AvgIpc) is 3.19. The number of carbonyl (C=O) groups is 1. The lowest BCUT2D eigenvalue weighted by atomic mass is 10.3. The van der Waals surface area contributed by atoms with Gasteiger partial charge in [-0.05, 0) is 50.8 Å². The van der Waals surface area contributed by atoms with Crippen LogP contribution in [0.2, 0.25) is 0 Å². The standard InChI is InChI=1S/C16H19N5O2S2/c1-10-14(25-19-18-10)15(22)21(8-7-20(2)3)16-17-12-6-5-11(23-4)9-13(12)24-16/h5-6,9H,7-8H2,1-4H3. The van der Waals surface area contributed by atoms with Gasteiger partial charge in [0.05, 0.1) is 23.0 Å². The molecular weight excluding hydrogens is 358 g/mol. The Morgan fingerprint density at radius 2 is 2.08 bits per heavy atom. The zero-order valence-corrected chi connectivity index (χ0v) is 16.1. The third-order valence-electron chi connectivity index (χ3n) is 3.68. The van der Waals surface area contributed by atoms with E-state index >= 15 is 0 Å². The van der Waals surface area contributed by atoms with Gasteiger partial charge in [-0.25, -0.2) is 4.98 Å². The van der Waals surface area contributed by atoms with Gasteiger partial charge >= 0.3 is 0 Å². The smallest absolute Gasteiger partial charge is 0.273 e. The summed E-state index contributed by atoms with van der Waals surface area (Å²) in [6.45, 7) is 3.07. The first-order chi connectivity index (χ1) is 12.0. The number of carbonyl (C=O) groups excluding carboxylic acids is 1. The Labute approximate surface area is 154 Å². The van der Waals surface area contributed by atoms with Crippen molar-refractivity contribution in [1.29, 1.82) is 0 Å². The van der Waals surface area contributed by atoms with Gasteiger partial charge in [-0.2, -0.15) is 0 Å². The summed E-state index contributed by atoms with van der Waals surface area (Å²) in [4.78, 5) is 22.0. The molecule has 25 heavy (non-hydrogen) atoms. The van der Waals surface area contributed by atoms with E-state index in [1.165, 1.54) is 11.3 Å². The van der Waals surface area contributed by atoms with Gasteiger partial charge in [-0.3, -0.25) is 9.69 Å². The molecule has 0 aliphatic rings. The molecule has 9 heteroatoms. The number of aryl methyl sites for hydroxylation is 1. The Morgan fingerprint density at radius 3 is 2.72 bits per heavy atom. The Hall–Kier alpha value is -2.10. The highest BCUT2D eigenvalue weighted by Crippen LogP contribution is 2.32. The quantitative estimate of drug-likeness (QED) is 0.658. The number of ether oxygens (including phenoxy) is 1. The summed E-state index contributed by atoms with van der Waals surface area (Å²) in [5.41, 5.74) is 1.50. The van der Waals surface area contributed by atoms with Crippen LogP contribution in [-0.2, 0) is 0 Å². The summed E-state index contributed by atoms with van der Waals surface area (Å²) in [6.07, 6.45) is 0. The minimum Gasteiger partial charge on any atom is -0.497 e. The van der Waals surface area contributed by atoms with Crippen LogP contribution in [0, 0.1) is 6.92 Å². The van der Waals surface area contributed by atoms with Crippen LogP contribution < -0.4 is 9.64 Å². The molecule has 0 spiro atoms. The third-order valence-corrected chi connectivity index (χ3v) is 5.53. The number of amides is 1. The number of hydrogen-bond donors (Lipinski definition) is 0. The van der Waals surface area contributed by atoms with Gasteiger partial charge in [0.2, 0.25) is 0 Å². The van der Waals surface area contributed by atoms with Crippen LogP contribution in [0.3, 0.4) is 0 Å². The van der Waals surface area contributed by atoms with Crippen LogP contribution in [0.1, 0.15) is 15.4 Å². The molecule has 0 atom stereocenters. The number of nitrogens with zero attached hydrogens (tertiary/aromatic N) is 5. The lowest BCUT2D eigenvalue weighted by molar-refractivity contribution is 0.0988. The number of aromatic nitrogens is 3. The second kappa shape index (κ2) is 7.42. The molecule has 0 N–H and O–H groups in total. The van der Waals surface area contributed by atoms with Crippen molar-refractivity contribution in [2.24, 2.45) is 0 Å². The molecule has 132 valence electrons. The fourth-order valence-corrected chi connectivity index (χ4v) is 3.89. The molecule has 3 aromatic rings. The highest BCUT2D eigenvalue weighted by atomic mass is 32.1. The molecule has 0 radical (unpaired) electrons. The van der Waals surface area contributed by atoms with E-state index in [1.807, 2.05) is 37.2 Å². The lowest BCUT2D eigenvalue weighted by Crippen LogP contribution is -2.36. The van der Waals surface area contributed by atoms with E-state index in [4.69, 9.17) is 4.74 Å². The number of hydrogen-bond acceptors (Lipinski definition) is 8. The van der Waals surface area contributed by atoms with Crippen molar-refractivity contribution in [3.63, 3.8) is 0 Å². The van der Waals surface area contributed by atoms with Gasteiger partial charge in [0.15, 0.2) is 5.13 Å². The Kier molecular flexibility index (Phi) is 5.26. The first-order valence-electron chi connectivity index (χ1n) is 7.69. The zero-order chi connectivity index (χ0) is 18.0. The number of thiazole rings is 1. The summed E-state index contributed by atoms with van der Waals surface area (Å²) in [5.74, 6) is 0.664. The minimum absolute atomic E-state index is 0.111. The van der Waals surface area contributed by atoms with Crippen LogP contribution in [0.25, 0.3) is 10.2 Å². The minimum atomic E-state index is -0.111. The van der Waals surface area contributed by atoms with E-state index in [2.05, 4.69) is 14.6 Å². The van der Waals surface area contributed by atoms with Crippen molar-refractivity contribution in [2.45, 2.75) is 6.92 Å². The number of methoxy groups -OCH3 is 1. The molecule has 1 amide bonds. The average molecular weight is 377 g/mol. The fraction of sp³-hybridized carbons (Fsp3) is 0.375. The molecular formula is C16H19N5O2S2. The van der Waals surface area contributed by atoms with Crippen LogP contribution in [0.15, 0.2) is 18.2 Å². The summed E-state index contributed by atoms with van der Waals surface area (Å²) in [6, 6.07) is 5.71. The highest BCUT2D eigenvalue weighted by Gasteiger charge is 2.25. The molecule has 0 aliphatic carbocycles. The SMILES string of the molecule is COc1ccc2nc(N(CCN(C)C)C(=O)c3snnc3C)sc2c1. The number of fused-ring (bicyclic) bond motifs is 1. The molecule has 2 aromatic heterocycles. The molecule has 0 fully saturated rings. The maximum atomic E-state index is 13.0. The van der Waals surface area contributed by atoms with E-state index in [0.29, 0.717) is 22.2 Å². The van der Waals surface area contributed by atoms with Crippen LogP contribution >= 0.6 is 22.9 Å². The molecule has 2 heterocycles. The van der Waals surface area contributed by atoms with Crippen LogP contribution in [0.5, 0.6) is 5.75 Å². The van der Waals surface area contributed by atoms with Crippen molar-refractivity contribution in [3.05, 3.63) is 28.8 Å². The molecule has 7 nitrogen and oxygen atoms in total. The van der Waals surface area contributed by atoms with E-state index in [1.54, 1.807) is 18.9 Å². The van der Waals surface area contributed by atoms with Crippen LogP contribution in [-0.4, -0.2) is 59.7 Å². The zero-order valence-electron chi connectivity index (χ0n) is 14.5. The number of benzene rings is 1. The second-order valence-electron chi connectivity index (χ2n) is 5.78. The molecule has 1 aromatic carbocycles. The van der Waals surface area contributed by atoms with Gasteiger partial charge in [-0.1, -0.05) is 15.8 Å². The van der Waals surface area contributed by atoms with E-state index in [9.17, 15) is 4.79 Å². The van der Waals surface area contributed by atoms with Gasteiger partial charge in [0.1, 0.15) is 10.6 Å². The van der Waals surface area contributed by atoms with E-state index in [-0.39, 0.29) is 5.91 Å². The van der Waals surface area contributed by atoms with Gasteiger partial charge in [0, 0.05) is 13.1 Å². The summed E-state index contributed by atoms with van der Waals surface area (Å²) in [5, 5.41) is 4.62. The van der Waals surface area contributed by atoms with Gasteiger partial charge < -0.3 is 9.64 Å². The number of rotatable bonds is 6. The predicted octanol–water partition coefficient (Wildman–Crippen LogP) is 2.67. The normalized spacial score (nSPS) is 11.2. The monoisotopic (exact) mass is 377 g/mol. The third kappa shape index (κ3) is 3.78. The van der Waals surface area contributed by atoms with Crippen molar-refractivity contribution in [2.75, 3.05) is 39.2 Å². The lowest BCUT2D eigenvalue weighted by Gasteiger charge is -2.21. The molecule has 0 aliphatic heterocycles. The van der Waals surface area contributed by atoms with E-state index < -0.39 is 0 Å². The molecule has 0 unspecified atom stereocenters.